The molecule has 0 unspecified atom stereocenters. The maximum absolute atomic E-state index is 12.2. The number of rotatable bonds is 7. The van der Waals surface area contributed by atoms with Gasteiger partial charge >= 0.3 is 0 Å². The number of hydrogen-bond donors (Lipinski definition) is 1. The van der Waals surface area contributed by atoms with Gasteiger partial charge < -0.3 is 19.7 Å². The normalized spacial score (nSPS) is 13.8. The van der Waals surface area contributed by atoms with E-state index in [1.54, 1.807) is 26.5 Å². The quantitative estimate of drug-likeness (QED) is 0.762. The van der Waals surface area contributed by atoms with Gasteiger partial charge in [-0.3, -0.25) is 4.79 Å². The Labute approximate surface area is 159 Å². The monoisotopic (exact) mass is 367 g/mol. The minimum atomic E-state index is -0.167. The summed E-state index contributed by atoms with van der Waals surface area (Å²) in [5.41, 5.74) is 1.82. The molecule has 1 amide bonds. The van der Waals surface area contributed by atoms with Crippen molar-refractivity contribution < 1.29 is 14.3 Å². The molecule has 0 saturated carbocycles. The molecule has 0 spiro atoms. The van der Waals surface area contributed by atoms with Crippen molar-refractivity contribution in [3.05, 3.63) is 53.7 Å². The first-order chi connectivity index (χ1) is 13.2. The highest BCUT2D eigenvalue weighted by molar-refractivity contribution is 5.92. The van der Waals surface area contributed by atoms with Crippen molar-refractivity contribution in [3.63, 3.8) is 0 Å². The number of hydrogen-bond acceptors (Lipinski definition) is 5. The minimum Gasteiger partial charge on any atom is -0.497 e. The van der Waals surface area contributed by atoms with Gasteiger partial charge in [-0.05, 0) is 54.8 Å². The van der Waals surface area contributed by atoms with E-state index in [9.17, 15) is 4.79 Å². The predicted octanol–water partition coefficient (Wildman–Crippen LogP) is 3.03. The van der Waals surface area contributed by atoms with E-state index in [4.69, 9.17) is 9.47 Å². The van der Waals surface area contributed by atoms with Crippen molar-refractivity contribution in [2.45, 2.75) is 19.4 Å². The topological polar surface area (TPSA) is 63.7 Å². The lowest BCUT2D eigenvalue weighted by atomic mass is 10.1. The molecule has 1 aromatic heterocycles. The first-order valence-electron chi connectivity index (χ1n) is 9.07. The van der Waals surface area contributed by atoms with E-state index in [0.717, 1.165) is 30.0 Å². The van der Waals surface area contributed by atoms with Crippen LogP contribution in [0.15, 0.2) is 42.6 Å². The first kappa shape index (κ1) is 18.8. The molecule has 2 heterocycles. The Hall–Kier alpha value is -3.02. The smallest absolute Gasteiger partial charge is 0.244 e. The number of carbonyl (C=O) groups is 1. The molecule has 1 saturated heterocycles. The SMILES string of the molecule is COc1ccc(OC)c(/C=C/C(=O)NCc2ccnc(N3CCCC3)c2)c1. The average Bonchev–Trinajstić information content (AvgIpc) is 3.25. The second kappa shape index (κ2) is 9.07. The van der Waals surface area contributed by atoms with Crippen LogP contribution in [0, 0.1) is 0 Å². The summed E-state index contributed by atoms with van der Waals surface area (Å²) in [5, 5.41) is 2.91. The van der Waals surface area contributed by atoms with Gasteiger partial charge in [-0.25, -0.2) is 4.98 Å². The molecule has 3 rings (SSSR count). The summed E-state index contributed by atoms with van der Waals surface area (Å²) in [7, 11) is 3.20. The molecule has 1 aromatic carbocycles. The molecule has 6 nitrogen and oxygen atoms in total. The summed E-state index contributed by atoms with van der Waals surface area (Å²) in [4.78, 5) is 18.9. The number of pyridine rings is 1. The highest BCUT2D eigenvalue weighted by Gasteiger charge is 2.13. The standard InChI is InChI=1S/C21H25N3O3/c1-26-18-6-7-19(27-2)17(14-18)5-8-21(25)23-15-16-9-10-22-20(13-16)24-11-3-4-12-24/h5-10,13-14H,3-4,11-12,15H2,1-2H3,(H,23,25)/b8-5+. The van der Waals surface area contributed by atoms with E-state index in [2.05, 4.69) is 15.2 Å². The molecule has 142 valence electrons. The number of nitrogens with zero attached hydrogens (tertiary/aromatic N) is 2. The number of nitrogens with one attached hydrogen (secondary N) is 1. The fraction of sp³-hybridized carbons (Fsp3) is 0.333. The molecule has 1 aliphatic rings. The summed E-state index contributed by atoms with van der Waals surface area (Å²) in [6.07, 6.45) is 7.44. The zero-order chi connectivity index (χ0) is 19.1. The minimum absolute atomic E-state index is 0.167. The summed E-state index contributed by atoms with van der Waals surface area (Å²) < 4.78 is 10.5. The van der Waals surface area contributed by atoms with Crippen LogP contribution in [-0.2, 0) is 11.3 Å². The number of ether oxygens (including phenoxy) is 2. The molecule has 27 heavy (non-hydrogen) atoms. The third-order valence-corrected chi connectivity index (χ3v) is 4.56. The van der Waals surface area contributed by atoms with Crippen LogP contribution in [0.3, 0.4) is 0 Å². The van der Waals surface area contributed by atoms with Crippen LogP contribution in [-0.4, -0.2) is 38.2 Å². The molecule has 1 fully saturated rings. The van der Waals surface area contributed by atoms with Crippen LogP contribution >= 0.6 is 0 Å². The fourth-order valence-electron chi connectivity index (χ4n) is 3.07. The zero-order valence-corrected chi connectivity index (χ0v) is 15.8. The first-order valence-corrected chi connectivity index (χ1v) is 9.07. The highest BCUT2D eigenvalue weighted by Crippen LogP contribution is 2.25. The molecule has 2 aromatic rings. The number of amides is 1. The van der Waals surface area contributed by atoms with Crippen LogP contribution < -0.4 is 19.7 Å². The third-order valence-electron chi connectivity index (χ3n) is 4.56. The molecule has 1 N–H and O–H groups in total. The molecule has 1 aliphatic heterocycles. The van der Waals surface area contributed by atoms with Gasteiger partial charge in [-0.1, -0.05) is 0 Å². The van der Waals surface area contributed by atoms with Crippen LogP contribution in [0.25, 0.3) is 6.08 Å². The van der Waals surface area contributed by atoms with Crippen LogP contribution in [0.2, 0.25) is 0 Å². The van der Waals surface area contributed by atoms with Gasteiger partial charge in [0.1, 0.15) is 17.3 Å². The summed E-state index contributed by atoms with van der Waals surface area (Å²) >= 11 is 0. The molecule has 0 bridgehead atoms. The molecule has 0 radical (unpaired) electrons. The highest BCUT2D eigenvalue weighted by atomic mass is 16.5. The van der Waals surface area contributed by atoms with Crippen molar-refractivity contribution in [1.29, 1.82) is 0 Å². The Kier molecular flexibility index (Phi) is 6.30. The van der Waals surface area contributed by atoms with Crippen LogP contribution in [0.5, 0.6) is 11.5 Å². The van der Waals surface area contributed by atoms with Gasteiger partial charge in [-0.15, -0.1) is 0 Å². The lowest BCUT2D eigenvalue weighted by Crippen LogP contribution is -2.22. The second-order valence-electron chi connectivity index (χ2n) is 6.38. The van der Waals surface area contributed by atoms with Gasteiger partial charge in [0.2, 0.25) is 5.91 Å². The van der Waals surface area contributed by atoms with E-state index in [-0.39, 0.29) is 5.91 Å². The molecule has 0 atom stereocenters. The second-order valence-corrected chi connectivity index (χ2v) is 6.38. The zero-order valence-electron chi connectivity index (χ0n) is 15.8. The number of methoxy groups -OCH3 is 2. The fourth-order valence-corrected chi connectivity index (χ4v) is 3.07. The van der Waals surface area contributed by atoms with Gasteiger partial charge in [0.15, 0.2) is 0 Å². The number of aromatic nitrogens is 1. The summed E-state index contributed by atoms with van der Waals surface area (Å²) in [5.74, 6) is 2.21. The Bertz CT molecular complexity index is 814. The number of anilines is 1. The van der Waals surface area contributed by atoms with E-state index < -0.39 is 0 Å². The third kappa shape index (κ3) is 5.00. The lowest BCUT2D eigenvalue weighted by Gasteiger charge is -2.16. The summed E-state index contributed by atoms with van der Waals surface area (Å²) in [6.45, 7) is 2.56. The van der Waals surface area contributed by atoms with Gasteiger partial charge in [0.05, 0.1) is 14.2 Å². The Morgan fingerprint density at radius 3 is 2.74 bits per heavy atom. The van der Waals surface area contributed by atoms with E-state index >= 15 is 0 Å². The molecular formula is C21H25N3O3. The lowest BCUT2D eigenvalue weighted by molar-refractivity contribution is -0.116. The van der Waals surface area contributed by atoms with Crippen molar-refractivity contribution in [3.8, 4) is 11.5 Å². The number of carbonyl (C=O) groups excluding carboxylic acids is 1. The van der Waals surface area contributed by atoms with Crippen molar-refractivity contribution >= 4 is 17.8 Å². The van der Waals surface area contributed by atoms with E-state index in [0.29, 0.717) is 18.0 Å². The van der Waals surface area contributed by atoms with Crippen LogP contribution in [0.1, 0.15) is 24.0 Å². The predicted molar refractivity (Wildman–Crippen MR) is 106 cm³/mol. The van der Waals surface area contributed by atoms with Crippen molar-refractivity contribution in [1.82, 2.24) is 10.3 Å². The molecular weight excluding hydrogens is 342 g/mol. The van der Waals surface area contributed by atoms with Crippen molar-refractivity contribution in [2.24, 2.45) is 0 Å². The number of benzene rings is 1. The van der Waals surface area contributed by atoms with E-state index in [1.807, 2.05) is 30.3 Å². The Morgan fingerprint density at radius 1 is 1.19 bits per heavy atom. The van der Waals surface area contributed by atoms with Crippen LogP contribution in [0.4, 0.5) is 5.82 Å². The maximum atomic E-state index is 12.2. The largest absolute Gasteiger partial charge is 0.497 e. The van der Waals surface area contributed by atoms with Crippen molar-refractivity contribution in [2.75, 3.05) is 32.2 Å². The maximum Gasteiger partial charge on any atom is 0.244 e. The Morgan fingerprint density at radius 2 is 2.00 bits per heavy atom. The summed E-state index contributed by atoms with van der Waals surface area (Å²) in [6, 6.07) is 9.42. The molecule has 0 aliphatic carbocycles. The van der Waals surface area contributed by atoms with Gasteiger partial charge in [-0.2, -0.15) is 0 Å². The average molecular weight is 367 g/mol. The van der Waals surface area contributed by atoms with Gasteiger partial charge in [0, 0.05) is 37.5 Å². The van der Waals surface area contributed by atoms with E-state index in [1.165, 1.54) is 18.9 Å². The van der Waals surface area contributed by atoms with Gasteiger partial charge in [0.25, 0.3) is 0 Å². The molecule has 6 heteroatoms. The Balaban J connectivity index is 1.60.